The second-order valence-electron chi connectivity index (χ2n) is 4.31. The number of carbonyl (C=O) groups excluding carboxylic acids is 1. The van der Waals surface area contributed by atoms with Crippen LogP contribution in [0.1, 0.15) is 10.6 Å². The lowest BCUT2D eigenvalue weighted by Crippen LogP contribution is -2.14. The Morgan fingerprint density at radius 1 is 1.05 bits per heavy atom. The third kappa shape index (κ3) is 3.17. The van der Waals surface area contributed by atoms with Crippen LogP contribution in [0.5, 0.6) is 0 Å². The van der Waals surface area contributed by atoms with Gasteiger partial charge in [0.05, 0.1) is 5.69 Å². The highest BCUT2D eigenvalue weighted by atomic mass is 79.9. The van der Waals surface area contributed by atoms with Crippen LogP contribution in [0, 0.1) is 0 Å². The van der Waals surface area contributed by atoms with E-state index in [1.54, 1.807) is 16.8 Å². The highest BCUT2D eigenvalue weighted by Gasteiger charge is 2.12. The highest BCUT2D eigenvalue weighted by molar-refractivity contribution is 9.10. The quantitative estimate of drug-likeness (QED) is 0.794. The molecule has 0 aliphatic rings. The Hall–Kier alpha value is -2.47. The minimum absolute atomic E-state index is 0.127. The van der Waals surface area contributed by atoms with Gasteiger partial charge in [0.2, 0.25) is 5.82 Å². The Bertz CT molecular complexity index is 753. The average Bonchev–Trinajstić information content (AvgIpc) is 3.00. The number of nitrogens with one attached hydrogen (secondary N) is 1. The lowest BCUT2D eigenvalue weighted by Gasteiger charge is -2.02. The van der Waals surface area contributed by atoms with Crippen molar-refractivity contribution >= 4 is 27.5 Å². The first-order valence-corrected chi connectivity index (χ1v) is 7.06. The number of aromatic nitrogens is 3. The summed E-state index contributed by atoms with van der Waals surface area (Å²) in [6.07, 6.45) is 1.52. The van der Waals surface area contributed by atoms with Crippen LogP contribution in [0.25, 0.3) is 5.69 Å². The van der Waals surface area contributed by atoms with Crippen molar-refractivity contribution in [2.75, 3.05) is 5.32 Å². The summed E-state index contributed by atoms with van der Waals surface area (Å²) >= 11 is 3.35. The zero-order valence-electron chi connectivity index (χ0n) is 10.9. The molecule has 21 heavy (non-hydrogen) atoms. The molecule has 1 amide bonds. The van der Waals surface area contributed by atoms with E-state index in [-0.39, 0.29) is 11.7 Å². The molecule has 3 rings (SSSR count). The van der Waals surface area contributed by atoms with Crippen molar-refractivity contribution in [3.63, 3.8) is 0 Å². The first-order valence-electron chi connectivity index (χ1n) is 6.26. The van der Waals surface area contributed by atoms with Gasteiger partial charge in [-0.15, -0.1) is 5.10 Å². The predicted octanol–water partition coefficient (Wildman–Crippen LogP) is 3.28. The van der Waals surface area contributed by atoms with Gasteiger partial charge in [0.15, 0.2) is 0 Å². The lowest BCUT2D eigenvalue weighted by atomic mass is 10.3. The number of carbonyl (C=O) groups is 1. The van der Waals surface area contributed by atoms with E-state index in [0.717, 1.165) is 10.2 Å². The minimum atomic E-state index is -0.341. The molecule has 1 N–H and O–H groups in total. The number of amides is 1. The Morgan fingerprint density at radius 2 is 1.76 bits per heavy atom. The van der Waals surface area contributed by atoms with Crippen molar-refractivity contribution in [2.24, 2.45) is 0 Å². The molecule has 2 aromatic carbocycles. The number of hydrogen-bond donors (Lipinski definition) is 1. The van der Waals surface area contributed by atoms with E-state index >= 15 is 0 Å². The summed E-state index contributed by atoms with van der Waals surface area (Å²) in [5, 5.41) is 6.93. The fourth-order valence-electron chi connectivity index (χ4n) is 1.79. The summed E-state index contributed by atoms with van der Waals surface area (Å²) in [5.41, 5.74) is 1.55. The summed E-state index contributed by atoms with van der Waals surface area (Å²) in [6.45, 7) is 0. The third-order valence-corrected chi connectivity index (χ3v) is 3.35. The number of hydrogen-bond acceptors (Lipinski definition) is 3. The summed E-state index contributed by atoms with van der Waals surface area (Å²) in [5.74, 6) is -0.214. The SMILES string of the molecule is O=C(Nc1ccc(Br)cc1)c1ncn(-c2ccccc2)n1. The van der Waals surface area contributed by atoms with Crippen molar-refractivity contribution in [3.8, 4) is 5.69 Å². The molecule has 0 unspecified atom stereocenters. The first-order chi connectivity index (χ1) is 10.2. The van der Waals surface area contributed by atoms with Gasteiger partial charge in [-0.1, -0.05) is 34.1 Å². The van der Waals surface area contributed by atoms with Crippen molar-refractivity contribution < 1.29 is 4.79 Å². The normalized spacial score (nSPS) is 10.3. The van der Waals surface area contributed by atoms with Crippen molar-refractivity contribution in [1.82, 2.24) is 14.8 Å². The molecular formula is C15H11BrN4O. The zero-order chi connectivity index (χ0) is 14.7. The molecule has 0 bridgehead atoms. The van der Waals surface area contributed by atoms with Gasteiger partial charge in [0.25, 0.3) is 5.91 Å². The number of rotatable bonds is 3. The summed E-state index contributed by atoms with van der Waals surface area (Å²) < 4.78 is 2.52. The second-order valence-corrected chi connectivity index (χ2v) is 5.22. The number of anilines is 1. The molecule has 1 heterocycles. The second kappa shape index (κ2) is 5.88. The van der Waals surface area contributed by atoms with Gasteiger partial charge in [0, 0.05) is 10.2 Å². The molecule has 0 fully saturated rings. The molecule has 3 aromatic rings. The minimum Gasteiger partial charge on any atom is -0.319 e. The summed E-state index contributed by atoms with van der Waals surface area (Å²) in [7, 11) is 0. The molecule has 0 saturated heterocycles. The largest absolute Gasteiger partial charge is 0.319 e. The van der Waals surface area contributed by atoms with E-state index in [0.29, 0.717) is 5.69 Å². The molecule has 0 atom stereocenters. The van der Waals surface area contributed by atoms with Gasteiger partial charge < -0.3 is 5.32 Å². The Balaban J connectivity index is 1.77. The van der Waals surface area contributed by atoms with Crippen LogP contribution in [-0.2, 0) is 0 Å². The molecule has 5 nitrogen and oxygen atoms in total. The maximum Gasteiger partial charge on any atom is 0.295 e. The maximum atomic E-state index is 12.1. The molecule has 0 spiro atoms. The van der Waals surface area contributed by atoms with Crippen LogP contribution >= 0.6 is 15.9 Å². The van der Waals surface area contributed by atoms with Gasteiger partial charge in [-0.25, -0.2) is 9.67 Å². The van der Waals surface area contributed by atoms with E-state index in [4.69, 9.17) is 0 Å². The van der Waals surface area contributed by atoms with E-state index in [1.165, 1.54) is 6.33 Å². The van der Waals surface area contributed by atoms with Crippen molar-refractivity contribution in [3.05, 3.63) is 71.2 Å². The predicted molar refractivity (Wildman–Crippen MR) is 83.5 cm³/mol. The Kier molecular flexibility index (Phi) is 3.79. The van der Waals surface area contributed by atoms with Crippen LogP contribution in [0.2, 0.25) is 0 Å². The molecule has 0 aliphatic heterocycles. The molecule has 104 valence electrons. The highest BCUT2D eigenvalue weighted by Crippen LogP contribution is 2.14. The van der Waals surface area contributed by atoms with Crippen LogP contribution < -0.4 is 5.32 Å². The molecule has 0 radical (unpaired) electrons. The Labute approximate surface area is 129 Å². The summed E-state index contributed by atoms with van der Waals surface area (Å²) in [6, 6.07) is 16.8. The topological polar surface area (TPSA) is 59.8 Å². The summed E-state index contributed by atoms with van der Waals surface area (Å²) in [4.78, 5) is 16.1. The number of para-hydroxylation sites is 1. The van der Waals surface area contributed by atoms with Gasteiger partial charge in [-0.05, 0) is 36.4 Å². The molecular weight excluding hydrogens is 332 g/mol. The van der Waals surface area contributed by atoms with Gasteiger partial charge >= 0.3 is 0 Å². The van der Waals surface area contributed by atoms with Gasteiger partial charge in [-0.2, -0.15) is 0 Å². The number of benzene rings is 2. The van der Waals surface area contributed by atoms with E-state index in [2.05, 4.69) is 31.3 Å². The van der Waals surface area contributed by atoms with Crippen LogP contribution in [0.3, 0.4) is 0 Å². The molecule has 0 aliphatic carbocycles. The smallest absolute Gasteiger partial charge is 0.295 e. The van der Waals surface area contributed by atoms with Crippen LogP contribution in [0.15, 0.2) is 65.4 Å². The van der Waals surface area contributed by atoms with Crippen LogP contribution in [-0.4, -0.2) is 20.7 Å². The molecule has 6 heteroatoms. The van der Waals surface area contributed by atoms with E-state index in [9.17, 15) is 4.79 Å². The monoisotopic (exact) mass is 342 g/mol. The zero-order valence-corrected chi connectivity index (χ0v) is 12.5. The van der Waals surface area contributed by atoms with Crippen molar-refractivity contribution in [2.45, 2.75) is 0 Å². The maximum absolute atomic E-state index is 12.1. The molecule has 1 aromatic heterocycles. The van der Waals surface area contributed by atoms with E-state index < -0.39 is 0 Å². The third-order valence-electron chi connectivity index (χ3n) is 2.82. The fourth-order valence-corrected chi connectivity index (χ4v) is 2.06. The fraction of sp³-hybridized carbons (Fsp3) is 0. The van der Waals surface area contributed by atoms with Gasteiger partial charge in [0.1, 0.15) is 6.33 Å². The Morgan fingerprint density at radius 3 is 2.48 bits per heavy atom. The van der Waals surface area contributed by atoms with Crippen LogP contribution in [0.4, 0.5) is 5.69 Å². The number of nitrogens with zero attached hydrogens (tertiary/aromatic N) is 3. The van der Waals surface area contributed by atoms with Gasteiger partial charge in [-0.3, -0.25) is 4.79 Å². The molecule has 0 saturated carbocycles. The number of halogens is 1. The lowest BCUT2D eigenvalue weighted by molar-refractivity contribution is 0.101. The first kappa shape index (κ1) is 13.5. The average molecular weight is 343 g/mol. The standard InChI is InChI=1S/C15H11BrN4O/c16-11-6-8-12(9-7-11)18-15(21)14-17-10-20(19-14)13-4-2-1-3-5-13/h1-10H,(H,18,21). The van der Waals surface area contributed by atoms with E-state index in [1.807, 2.05) is 42.5 Å². The van der Waals surface area contributed by atoms with Crippen molar-refractivity contribution in [1.29, 1.82) is 0 Å².